The Kier molecular flexibility index (Phi) is 4.10. The predicted octanol–water partition coefficient (Wildman–Crippen LogP) is 2.66. The molecule has 0 radical (unpaired) electrons. The summed E-state index contributed by atoms with van der Waals surface area (Å²) >= 11 is 0. The summed E-state index contributed by atoms with van der Waals surface area (Å²) in [6, 6.07) is 11.4. The third-order valence-corrected chi connectivity index (χ3v) is 3.86. The summed E-state index contributed by atoms with van der Waals surface area (Å²) in [7, 11) is -3.56. The lowest BCUT2D eigenvalue weighted by molar-refractivity contribution is -0.385. The second-order valence-electron chi connectivity index (χ2n) is 4.40. The highest BCUT2D eigenvalue weighted by molar-refractivity contribution is 7.90. The van der Waals surface area contributed by atoms with E-state index >= 15 is 0 Å². The van der Waals surface area contributed by atoms with Gasteiger partial charge in [0.2, 0.25) is 5.75 Å². The van der Waals surface area contributed by atoms with Crippen LogP contribution in [0.15, 0.2) is 47.4 Å². The van der Waals surface area contributed by atoms with E-state index < -0.39 is 20.4 Å². The Labute approximate surface area is 126 Å². The molecule has 0 unspecified atom stereocenters. The number of nitro benzene ring substituents is 1. The number of ether oxygens (including phenoxy) is 1. The van der Waals surface area contributed by atoms with Crippen LogP contribution in [0.5, 0.6) is 11.5 Å². The largest absolute Gasteiger partial charge is 0.450 e. The van der Waals surface area contributed by atoms with Crippen molar-refractivity contribution in [1.29, 1.82) is 5.26 Å². The molecule has 0 N–H and O–H groups in total. The summed E-state index contributed by atoms with van der Waals surface area (Å²) in [6.45, 7) is 0. The molecule has 0 saturated carbocycles. The average molecular weight is 318 g/mol. The highest BCUT2D eigenvalue weighted by atomic mass is 32.2. The molecule has 0 atom stereocenters. The number of rotatable bonds is 4. The Bertz CT molecular complexity index is 884. The predicted molar refractivity (Wildman–Crippen MR) is 77.4 cm³/mol. The van der Waals surface area contributed by atoms with E-state index in [0.29, 0.717) is 5.56 Å². The molecule has 7 nitrogen and oxygen atoms in total. The molecule has 0 saturated heterocycles. The zero-order valence-electron chi connectivity index (χ0n) is 11.4. The fraction of sp³-hybridized carbons (Fsp3) is 0.0714. The van der Waals surface area contributed by atoms with Crippen LogP contribution >= 0.6 is 0 Å². The van der Waals surface area contributed by atoms with Gasteiger partial charge in [-0.3, -0.25) is 10.1 Å². The van der Waals surface area contributed by atoms with Crippen LogP contribution in [0.3, 0.4) is 0 Å². The van der Waals surface area contributed by atoms with E-state index in [0.717, 1.165) is 12.3 Å². The number of nitrogens with zero attached hydrogens (tertiary/aromatic N) is 2. The van der Waals surface area contributed by atoms with E-state index in [9.17, 15) is 18.5 Å². The van der Waals surface area contributed by atoms with Crippen LogP contribution in [0.4, 0.5) is 5.69 Å². The molecule has 0 fully saturated rings. The molecule has 2 rings (SSSR count). The molecule has 0 bridgehead atoms. The van der Waals surface area contributed by atoms with Gasteiger partial charge >= 0.3 is 5.69 Å². The van der Waals surface area contributed by atoms with Gasteiger partial charge in [-0.15, -0.1) is 0 Å². The average Bonchev–Trinajstić information content (AvgIpc) is 2.46. The topological polar surface area (TPSA) is 110 Å². The zero-order valence-corrected chi connectivity index (χ0v) is 12.2. The summed E-state index contributed by atoms with van der Waals surface area (Å²) in [5, 5.41) is 19.9. The van der Waals surface area contributed by atoms with E-state index in [1.54, 1.807) is 12.1 Å². The molecule has 0 aromatic heterocycles. The lowest BCUT2D eigenvalue weighted by Crippen LogP contribution is -2.00. The first-order chi connectivity index (χ1) is 10.3. The molecule has 0 heterocycles. The molecule has 0 aliphatic rings. The van der Waals surface area contributed by atoms with Gasteiger partial charge in [-0.25, -0.2) is 8.42 Å². The Morgan fingerprint density at radius 2 is 1.95 bits per heavy atom. The zero-order chi connectivity index (χ0) is 16.3. The van der Waals surface area contributed by atoms with Gasteiger partial charge in [0, 0.05) is 12.3 Å². The maximum Gasteiger partial charge on any atom is 0.312 e. The highest BCUT2D eigenvalue weighted by Crippen LogP contribution is 2.33. The first-order valence-electron chi connectivity index (χ1n) is 5.98. The van der Waals surface area contributed by atoms with Crippen LogP contribution in [0.1, 0.15) is 5.56 Å². The molecule has 0 amide bonds. The van der Waals surface area contributed by atoms with Crippen LogP contribution in [-0.4, -0.2) is 19.6 Å². The normalized spacial score (nSPS) is 10.7. The van der Waals surface area contributed by atoms with Crippen molar-refractivity contribution in [1.82, 2.24) is 0 Å². The third kappa shape index (κ3) is 3.39. The van der Waals surface area contributed by atoms with Crippen molar-refractivity contribution in [2.24, 2.45) is 0 Å². The highest BCUT2D eigenvalue weighted by Gasteiger charge is 2.20. The molecular weight excluding hydrogens is 308 g/mol. The Morgan fingerprint density at radius 1 is 1.23 bits per heavy atom. The Balaban J connectivity index is 2.47. The van der Waals surface area contributed by atoms with Crippen LogP contribution in [-0.2, 0) is 9.84 Å². The molecule has 2 aromatic rings. The summed E-state index contributed by atoms with van der Waals surface area (Å²) in [6.07, 6.45) is 0.961. The van der Waals surface area contributed by atoms with Crippen LogP contribution in [0, 0.1) is 21.4 Å². The van der Waals surface area contributed by atoms with Crippen molar-refractivity contribution in [2.45, 2.75) is 4.90 Å². The van der Waals surface area contributed by atoms with Gasteiger partial charge in [-0.05, 0) is 30.3 Å². The van der Waals surface area contributed by atoms with Crippen molar-refractivity contribution in [3.63, 3.8) is 0 Å². The quantitative estimate of drug-likeness (QED) is 0.633. The molecule has 0 spiro atoms. The number of hydrogen-bond acceptors (Lipinski definition) is 6. The van der Waals surface area contributed by atoms with Crippen LogP contribution in [0.25, 0.3) is 0 Å². The molecular formula is C14H10N2O5S. The maximum atomic E-state index is 11.5. The Hall–Kier alpha value is -2.92. The fourth-order valence-corrected chi connectivity index (χ4v) is 2.35. The first kappa shape index (κ1) is 15.5. The minimum absolute atomic E-state index is 0.104. The number of nitriles is 1. The van der Waals surface area contributed by atoms with E-state index in [4.69, 9.17) is 10.00 Å². The monoisotopic (exact) mass is 318 g/mol. The first-order valence-corrected chi connectivity index (χ1v) is 7.87. The number of benzene rings is 2. The van der Waals surface area contributed by atoms with Gasteiger partial charge in [0.25, 0.3) is 0 Å². The van der Waals surface area contributed by atoms with Gasteiger partial charge in [-0.1, -0.05) is 6.07 Å². The minimum Gasteiger partial charge on any atom is -0.450 e. The number of hydrogen-bond donors (Lipinski definition) is 0. The second kappa shape index (κ2) is 5.83. The number of nitro groups is 1. The molecule has 2 aromatic carbocycles. The van der Waals surface area contributed by atoms with Gasteiger partial charge in [0.15, 0.2) is 9.84 Å². The van der Waals surface area contributed by atoms with Crippen molar-refractivity contribution in [2.75, 3.05) is 6.26 Å². The second-order valence-corrected chi connectivity index (χ2v) is 6.42. The van der Waals surface area contributed by atoms with E-state index in [-0.39, 0.29) is 16.4 Å². The van der Waals surface area contributed by atoms with Crippen molar-refractivity contribution < 1.29 is 18.1 Å². The van der Waals surface area contributed by atoms with E-state index in [1.807, 2.05) is 6.07 Å². The summed E-state index contributed by atoms with van der Waals surface area (Å²) in [5.41, 5.74) is -0.127. The number of sulfone groups is 1. The summed E-state index contributed by atoms with van der Waals surface area (Å²) in [4.78, 5) is 10.2. The van der Waals surface area contributed by atoms with Crippen molar-refractivity contribution in [3.8, 4) is 17.6 Å². The lowest BCUT2D eigenvalue weighted by Gasteiger charge is -2.07. The molecule has 22 heavy (non-hydrogen) atoms. The molecule has 112 valence electrons. The molecule has 0 aliphatic heterocycles. The fourth-order valence-electron chi connectivity index (χ4n) is 1.71. The van der Waals surface area contributed by atoms with Crippen molar-refractivity contribution >= 4 is 15.5 Å². The smallest absolute Gasteiger partial charge is 0.312 e. The van der Waals surface area contributed by atoms with Crippen molar-refractivity contribution in [3.05, 3.63) is 58.1 Å². The van der Waals surface area contributed by atoms with E-state index in [1.165, 1.54) is 24.3 Å². The summed E-state index contributed by atoms with van der Waals surface area (Å²) in [5.74, 6) is 0.141. The van der Waals surface area contributed by atoms with Gasteiger partial charge < -0.3 is 4.74 Å². The van der Waals surface area contributed by atoms with Crippen LogP contribution in [0.2, 0.25) is 0 Å². The lowest BCUT2D eigenvalue weighted by atomic mass is 10.2. The standard InChI is InChI=1S/C14H10N2O5S/c1-22(19,20)12-5-6-14(13(8-12)16(17)18)21-11-4-2-3-10(7-11)9-15/h2-8H,1H3. The van der Waals surface area contributed by atoms with Gasteiger partial charge in [0.1, 0.15) is 5.75 Å². The molecule has 0 aliphatic carbocycles. The Morgan fingerprint density at radius 3 is 2.55 bits per heavy atom. The molecule has 8 heteroatoms. The third-order valence-electron chi connectivity index (χ3n) is 2.75. The van der Waals surface area contributed by atoms with Gasteiger partial charge in [-0.2, -0.15) is 5.26 Å². The van der Waals surface area contributed by atoms with Crippen LogP contribution < -0.4 is 4.74 Å². The minimum atomic E-state index is -3.56. The van der Waals surface area contributed by atoms with E-state index in [2.05, 4.69) is 0 Å². The van der Waals surface area contributed by atoms with Gasteiger partial charge in [0.05, 0.1) is 21.5 Å². The maximum absolute atomic E-state index is 11.5. The summed E-state index contributed by atoms with van der Waals surface area (Å²) < 4.78 is 28.3. The SMILES string of the molecule is CS(=O)(=O)c1ccc(Oc2cccc(C#N)c2)c([N+](=O)[O-])c1.